The first kappa shape index (κ1) is 27.6. The third-order valence-electron chi connectivity index (χ3n) is 11.4. The monoisotopic (exact) mass is 567 g/mol. The Morgan fingerprint density at radius 2 is 1.59 bits per heavy atom. The summed E-state index contributed by atoms with van der Waals surface area (Å²) in [5.41, 5.74) is 2.93. The molecule has 1 unspecified atom stereocenters. The first-order chi connectivity index (χ1) is 18.9. The maximum absolute atomic E-state index is 13.5. The summed E-state index contributed by atoms with van der Waals surface area (Å²) in [6, 6.07) is 16.4. The molecular formula is C34H45Cl2N2O+. The van der Waals surface area contributed by atoms with Gasteiger partial charge in [-0.3, -0.25) is 4.79 Å². The molecule has 3 nitrogen and oxygen atoms in total. The normalized spacial score (nSPS) is 31.4. The van der Waals surface area contributed by atoms with Crippen molar-refractivity contribution in [3.8, 4) is 0 Å². The predicted molar refractivity (Wildman–Crippen MR) is 161 cm³/mol. The summed E-state index contributed by atoms with van der Waals surface area (Å²) in [6.45, 7) is 6.89. The van der Waals surface area contributed by atoms with E-state index in [4.69, 9.17) is 23.2 Å². The standard InChI is InChI=1S/C34H45Cl2N2O/c35-30-13-12-29(25-31(30)36)34(14-7-19-37(26-34)32(39)24-27-8-3-1-4-9-27)18-23-38-20-15-33(16-21-38,17-22-38)28-10-5-2-6-11-28/h1,3-4,8-9,12-13,25,28H,2,5-7,10-11,14-24,26H2/q+1. The minimum Gasteiger partial charge on any atom is -0.342 e. The molecule has 0 N–H and O–H groups in total. The van der Waals surface area contributed by atoms with Crippen LogP contribution in [0.25, 0.3) is 0 Å². The van der Waals surface area contributed by atoms with Crippen molar-refractivity contribution < 1.29 is 9.28 Å². The van der Waals surface area contributed by atoms with Gasteiger partial charge in [-0.25, -0.2) is 0 Å². The van der Waals surface area contributed by atoms with Crippen molar-refractivity contribution in [3.05, 3.63) is 69.7 Å². The summed E-state index contributed by atoms with van der Waals surface area (Å²) in [5, 5.41) is 1.23. The van der Waals surface area contributed by atoms with Gasteiger partial charge in [-0.2, -0.15) is 0 Å². The van der Waals surface area contributed by atoms with E-state index in [1.807, 2.05) is 24.3 Å². The second-order valence-electron chi connectivity index (χ2n) is 13.4. The summed E-state index contributed by atoms with van der Waals surface area (Å²) in [5.74, 6) is 1.23. The molecule has 1 saturated carbocycles. The molecule has 1 atom stereocenters. The number of quaternary nitrogens is 1. The van der Waals surface area contributed by atoms with Crippen molar-refractivity contribution >= 4 is 29.1 Å². The zero-order chi connectivity index (χ0) is 26.9. The highest BCUT2D eigenvalue weighted by Gasteiger charge is 2.53. The SMILES string of the molecule is O=C(Cc1ccccc1)N1CCCC(CC[N+]23CCC(C4CCCCC4)(CC2)CC3)(c2ccc(Cl)c(Cl)c2)C1. The molecule has 2 bridgehead atoms. The first-order valence-electron chi connectivity index (χ1n) is 15.5. The molecule has 5 aliphatic rings. The van der Waals surface area contributed by atoms with Gasteiger partial charge >= 0.3 is 0 Å². The molecule has 0 aromatic heterocycles. The topological polar surface area (TPSA) is 20.3 Å². The fourth-order valence-electron chi connectivity index (χ4n) is 8.84. The largest absolute Gasteiger partial charge is 0.342 e. The van der Waals surface area contributed by atoms with Crippen LogP contribution in [-0.4, -0.2) is 54.6 Å². The zero-order valence-electron chi connectivity index (χ0n) is 23.5. The third kappa shape index (κ3) is 5.66. The van der Waals surface area contributed by atoms with Crippen molar-refractivity contribution in [2.75, 3.05) is 39.3 Å². The molecule has 4 aliphatic heterocycles. The lowest BCUT2D eigenvalue weighted by atomic mass is 9.59. The smallest absolute Gasteiger partial charge is 0.227 e. The van der Waals surface area contributed by atoms with E-state index in [9.17, 15) is 4.79 Å². The van der Waals surface area contributed by atoms with Crippen molar-refractivity contribution in [1.82, 2.24) is 4.90 Å². The van der Waals surface area contributed by atoms with E-state index in [1.54, 1.807) is 0 Å². The Balaban J connectivity index is 1.19. The Hall–Kier alpha value is -1.55. The molecule has 0 radical (unpaired) electrons. The number of nitrogens with zero attached hydrogens (tertiary/aromatic N) is 2. The maximum atomic E-state index is 13.5. The van der Waals surface area contributed by atoms with Crippen LogP contribution in [0.2, 0.25) is 10.0 Å². The lowest BCUT2D eigenvalue weighted by Gasteiger charge is -2.58. The average Bonchev–Trinajstić information content (AvgIpc) is 2.99. The highest BCUT2D eigenvalue weighted by Crippen LogP contribution is 2.53. The van der Waals surface area contributed by atoms with Crippen molar-refractivity contribution in [3.63, 3.8) is 0 Å². The number of halogens is 2. The Labute approximate surface area is 245 Å². The molecule has 5 heteroatoms. The second-order valence-corrected chi connectivity index (χ2v) is 14.2. The summed E-state index contributed by atoms with van der Waals surface area (Å²) >= 11 is 12.9. The third-order valence-corrected chi connectivity index (χ3v) is 12.2. The lowest BCUT2D eigenvalue weighted by Crippen LogP contribution is -2.64. The number of benzene rings is 2. The van der Waals surface area contributed by atoms with E-state index < -0.39 is 0 Å². The quantitative estimate of drug-likeness (QED) is 0.310. The van der Waals surface area contributed by atoms with Gasteiger partial charge in [-0.05, 0) is 60.3 Å². The molecule has 5 fully saturated rings. The zero-order valence-corrected chi connectivity index (χ0v) is 25.0. The molecule has 4 heterocycles. The van der Waals surface area contributed by atoms with Crippen LogP contribution in [0.15, 0.2) is 48.5 Å². The van der Waals surface area contributed by atoms with Gasteiger partial charge in [-0.15, -0.1) is 0 Å². The first-order valence-corrected chi connectivity index (χ1v) is 16.3. The minimum atomic E-state index is -0.0683. The van der Waals surface area contributed by atoms with Gasteiger partial charge in [0.05, 0.1) is 42.6 Å². The van der Waals surface area contributed by atoms with Gasteiger partial charge in [-0.1, -0.05) is 78.9 Å². The minimum absolute atomic E-state index is 0.0683. The number of piperidine rings is 4. The van der Waals surface area contributed by atoms with E-state index in [0.717, 1.165) is 43.8 Å². The molecular weight excluding hydrogens is 523 g/mol. The van der Waals surface area contributed by atoms with E-state index in [0.29, 0.717) is 21.9 Å². The highest BCUT2D eigenvalue weighted by molar-refractivity contribution is 6.42. The second kappa shape index (κ2) is 11.4. The van der Waals surface area contributed by atoms with E-state index in [2.05, 4.69) is 29.2 Å². The summed E-state index contributed by atoms with van der Waals surface area (Å²) in [7, 11) is 0. The van der Waals surface area contributed by atoms with Gasteiger partial charge in [0.2, 0.25) is 5.91 Å². The van der Waals surface area contributed by atoms with Crippen LogP contribution in [0.5, 0.6) is 0 Å². The molecule has 2 aromatic rings. The van der Waals surface area contributed by atoms with E-state index in [1.165, 1.54) is 87.6 Å². The predicted octanol–water partition coefficient (Wildman–Crippen LogP) is 8.07. The van der Waals surface area contributed by atoms with Gasteiger partial charge in [0.1, 0.15) is 0 Å². The van der Waals surface area contributed by atoms with Crippen LogP contribution >= 0.6 is 23.2 Å². The fraction of sp³-hybridized carbons (Fsp3) is 0.618. The number of hydrogen-bond acceptors (Lipinski definition) is 1. The average molecular weight is 569 g/mol. The van der Waals surface area contributed by atoms with Gasteiger partial charge in [0.25, 0.3) is 0 Å². The molecule has 210 valence electrons. The van der Waals surface area contributed by atoms with Crippen LogP contribution in [-0.2, 0) is 16.6 Å². The summed E-state index contributed by atoms with van der Waals surface area (Å²) in [4.78, 5) is 15.6. The summed E-state index contributed by atoms with van der Waals surface area (Å²) < 4.78 is 1.29. The molecule has 4 saturated heterocycles. The summed E-state index contributed by atoms with van der Waals surface area (Å²) in [6.07, 6.45) is 15.3. The maximum Gasteiger partial charge on any atom is 0.227 e. The van der Waals surface area contributed by atoms with Crippen molar-refractivity contribution in [1.29, 1.82) is 0 Å². The number of fused-ring (bicyclic) bond motifs is 3. The van der Waals surface area contributed by atoms with Crippen LogP contribution in [0, 0.1) is 11.3 Å². The Morgan fingerprint density at radius 1 is 0.872 bits per heavy atom. The number of carbonyl (C=O) groups is 1. The van der Waals surface area contributed by atoms with Crippen molar-refractivity contribution in [2.45, 2.75) is 82.5 Å². The number of carbonyl (C=O) groups excluding carboxylic acids is 1. The van der Waals surface area contributed by atoms with Crippen molar-refractivity contribution in [2.24, 2.45) is 11.3 Å². The number of hydrogen-bond donors (Lipinski definition) is 0. The molecule has 1 aliphatic carbocycles. The van der Waals surface area contributed by atoms with Crippen LogP contribution in [0.3, 0.4) is 0 Å². The van der Waals surface area contributed by atoms with Crippen LogP contribution < -0.4 is 0 Å². The number of likely N-dealkylation sites (tertiary alicyclic amines) is 1. The molecule has 0 spiro atoms. The fourth-order valence-corrected chi connectivity index (χ4v) is 9.14. The molecule has 2 aromatic carbocycles. The molecule has 1 amide bonds. The Morgan fingerprint density at radius 3 is 2.28 bits per heavy atom. The number of rotatable bonds is 7. The molecule has 7 rings (SSSR count). The van der Waals surface area contributed by atoms with Crippen LogP contribution in [0.1, 0.15) is 81.8 Å². The van der Waals surface area contributed by atoms with Gasteiger partial charge < -0.3 is 9.38 Å². The highest BCUT2D eigenvalue weighted by atomic mass is 35.5. The van der Waals surface area contributed by atoms with Crippen LogP contribution in [0.4, 0.5) is 0 Å². The Bertz CT molecular complexity index is 1140. The number of amides is 1. The van der Waals surface area contributed by atoms with E-state index >= 15 is 0 Å². The van der Waals surface area contributed by atoms with Gasteiger partial charge in [0.15, 0.2) is 0 Å². The molecule has 39 heavy (non-hydrogen) atoms. The lowest BCUT2D eigenvalue weighted by molar-refractivity contribution is -0.946. The Kier molecular flexibility index (Phi) is 8.06. The van der Waals surface area contributed by atoms with Gasteiger partial charge in [0, 0.05) is 44.2 Å². The van der Waals surface area contributed by atoms with E-state index in [-0.39, 0.29) is 11.3 Å².